The van der Waals surface area contributed by atoms with Gasteiger partial charge in [0.15, 0.2) is 5.82 Å². The molecule has 0 unspecified atom stereocenters. The number of piperazine rings is 1. The molecule has 0 bridgehead atoms. The number of pyridine rings is 1. The first-order valence-electron chi connectivity index (χ1n) is 6.74. The van der Waals surface area contributed by atoms with E-state index in [4.69, 9.17) is 0 Å². The van der Waals surface area contributed by atoms with Crippen molar-refractivity contribution in [1.29, 1.82) is 0 Å². The summed E-state index contributed by atoms with van der Waals surface area (Å²) < 4.78 is 1.65. The first-order valence-corrected chi connectivity index (χ1v) is 6.74. The monoisotopic (exact) mass is 271 g/mol. The van der Waals surface area contributed by atoms with Gasteiger partial charge in [0.1, 0.15) is 5.69 Å². The fraction of sp³-hybridized carbons (Fsp3) is 0.357. The molecule has 1 atom stereocenters. The molecule has 1 fully saturated rings. The van der Waals surface area contributed by atoms with Crippen molar-refractivity contribution in [3.63, 3.8) is 0 Å². The van der Waals surface area contributed by atoms with E-state index in [0.717, 1.165) is 13.1 Å². The fourth-order valence-electron chi connectivity index (χ4n) is 2.36. The van der Waals surface area contributed by atoms with Gasteiger partial charge in [-0.3, -0.25) is 4.79 Å². The van der Waals surface area contributed by atoms with E-state index in [2.05, 4.69) is 15.4 Å². The van der Waals surface area contributed by atoms with Crippen molar-refractivity contribution in [1.82, 2.24) is 25.0 Å². The third-order valence-electron chi connectivity index (χ3n) is 3.45. The smallest absolute Gasteiger partial charge is 0.272 e. The van der Waals surface area contributed by atoms with Crippen LogP contribution in [0.4, 0.5) is 0 Å². The summed E-state index contributed by atoms with van der Waals surface area (Å²) >= 11 is 0. The Hall–Kier alpha value is -2.21. The third kappa shape index (κ3) is 2.42. The zero-order valence-electron chi connectivity index (χ0n) is 11.4. The van der Waals surface area contributed by atoms with E-state index in [1.54, 1.807) is 16.9 Å². The molecule has 2 aromatic rings. The highest BCUT2D eigenvalue weighted by molar-refractivity contribution is 5.92. The largest absolute Gasteiger partial charge is 0.332 e. The maximum absolute atomic E-state index is 12.5. The topological polar surface area (TPSA) is 63.1 Å². The molecule has 104 valence electrons. The van der Waals surface area contributed by atoms with Crippen LogP contribution in [0.25, 0.3) is 5.82 Å². The molecule has 1 amide bonds. The van der Waals surface area contributed by atoms with Gasteiger partial charge in [-0.05, 0) is 25.1 Å². The van der Waals surface area contributed by atoms with Crippen LogP contribution in [0.2, 0.25) is 0 Å². The van der Waals surface area contributed by atoms with Gasteiger partial charge >= 0.3 is 0 Å². The van der Waals surface area contributed by atoms with Crippen LogP contribution < -0.4 is 5.32 Å². The van der Waals surface area contributed by atoms with Crippen LogP contribution in [0.3, 0.4) is 0 Å². The van der Waals surface area contributed by atoms with Gasteiger partial charge < -0.3 is 10.2 Å². The second-order valence-electron chi connectivity index (χ2n) is 4.88. The first-order chi connectivity index (χ1) is 9.75. The lowest BCUT2D eigenvalue weighted by Crippen LogP contribution is -2.52. The molecule has 0 spiro atoms. The second kappa shape index (κ2) is 5.42. The summed E-state index contributed by atoms with van der Waals surface area (Å²) in [6.07, 6.45) is 3.50. The number of hydrogen-bond donors (Lipinski definition) is 1. The van der Waals surface area contributed by atoms with Crippen molar-refractivity contribution in [3.05, 3.63) is 42.4 Å². The minimum Gasteiger partial charge on any atom is -0.332 e. The number of carbonyl (C=O) groups excluding carboxylic acids is 1. The van der Waals surface area contributed by atoms with Crippen molar-refractivity contribution in [2.75, 3.05) is 19.6 Å². The molecule has 0 saturated carbocycles. The van der Waals surface area contributed by atoms with E-state index in [1.165, 1.54) is 0 Å². The highest BCUT2D eigenvalue weighted by atomic mass is 16.2. The SMILES string of the molecule is C[C@@H]1CNCCN1C(=O)c1cccc(-n2cccn2)n1. The van der Waals surface area contributed by atoms with E-state index >= 15 is 0 Å². The lowest BCUT2D eigenvalue weighted by atomic mass is 10.2. The Kier molecular flexibility index (Phi) is 3.47. The van der Waals surface area contributed by atoms with Gasteiger partial charge in [0.25, 0.3) is 5.91 Å². The number of aromatic nitrogens is 3. The summed E-state index contributed by atoms with van der Waals surface area (Å²) in [5.74, 6) is 0.636. The second-order valence-corrected chi connectivity index (χ2v) is 4.88. The molecule has 1 N–H and O–H groups in total. The molecule has 0 radical (unpaired) electrons. The Morgan fingerprint density at radius 1 is 1.40 bits per heavy atom. The Bertz CT molecular complexity index is 595. The molecule has 1 saturated heterocycles. The molecule has 6 heteroatoms. The highest BCUT2D eigenvalue weighted by Gasteiger charge is 2.25. The van der Waals surface area contributed by atoms with E-state index in [9.17, 15) is 4.79 Å². The number of amides is 1. The maximum atomic E-state index is 12.5. The summed E-state index contributed by atoms with van der Waals surface area (Å²) in [4.78, 5) is 18.8. The van der Waals surface area contributed by atoms with Crippen LogP contribution in [0, 0.1) is 0 Å². The van der Waals surface area contributed by atoms with Crippen LogP contribution in [0.1, 0.15) is 17.4 Å². The number of nitrogens with one attached hydrogen (secondary N) is 1. The van der Waals surface area contributed by atoms with Gasteiger partial charge in [-0.2, -0.15) is 5.10 Å². The van der Waals surface area contributed by atoms with Crippen molar-refractivity contribution in [2.24, 2.45) is 0 Å². The number of carbonyl (C=O) groups is 1. The Morgan fingerprint density at radius 3 is 3.05 bits per heavy atom. The lowest BCUT2D eigenvalue weighted by Gasteiger charge is -2.33. The van der Waals surface area contributed by atoms with Gasteiger partial charge in [-0.15, -0.1) is 0 Å². The van der Waals surface area contributed by atoms with Crippen LogP contribution in [0.5, 0.6) is 0 Å². The Morgan fingerprint density at radius 2 is 2.30 bits per heavy atom. The van der Waals surface area contributed by atoms with E-state index in [1.807, 2.05) is 36.2 Å². The van der Waals surface area contributed by atoms with Gasteiger partial charge in [-0.1, -0.05) is 6.07 Å². The van der Waals surface area contributed by atoms with E-state index < -0.39 is 0 Å². The van der Waals surface area contributed by atoms with Crippen molar-refractivity contribution >= 4 is 5.91 Å². The van der Waals surface area contributed by atoms with Crippen molar-refractivity contribution in [2.45, 2.75) is 13.0 Å². The molecular weight excluding hydrogens is 254 g/mol. The summed E-state index contributed by atoms with van der Waals surface area (Å²) in [6, 6.07) is 7.44. The average molecular weight is 271 g/mol. The minimum absolute atomic E-state index is 0.0204. The van der Waals surface area contributed by atoms with Gasteiger partial charge in [0, 0.05) is 38.1 Å². The summed E-state index contributed by atoms with van der Waals surface area (Å²) in [5.41, 5.74) is 0.465. The van der Waals surface area contributed by atoms with Gasteiger partial charge in [0.05, 0.1) is 0 Å². The normalized spacial score (nSPS) is 19.1. The predicted octanol–water partition coefficient (Wildman–Crippen LogP) is 0.701. The molecule has 2 aromatic heterocycles. The van der Waals surface area contributed by atoms with Crippen molar-refractivity contribution < 1.29 is 4.79 Å². The molecule has 0 aromatic carbocycles. The molecule has 20 heavy (non-hydrogen) atoms. The molecule has 0 aliphatic carbocycles. The predicted molar refractivity (Wildman–Crippen MR) is 74.7 cm³/mol. The molecule has 1 aliphatic rings. The Labute approximate surface area is 117 Å². The minimum atomic E-state index is -0.0204. The zero-order chi connectivity index (χ0) is 13.9. The quantitative estimate of drug-likeness (QED) is 0.873. The lowest BCUT2D eigenvalue weighted by molar-refractivity contribution is 0.0649. The summed E-state index contributed by atoms with van der Waals surface area (Å²) in [5, 5.41) is 7.41. The van der Waals surface area contributed by atoms with Gasteiger partial charge in [0.2, 0.25) is 0 Å². The fourth-order valence-corrected chi connectivity index (χ4v) is 2.36. The molecule has 3 heterocycles. The number of nitrogens with zero attached hydrogens (tertiary/aromatic N) is 4. The van der Waals surface area contributed by atoms with E-state index in [0.29, 0.717) is 18.1 Å². The van der Waals surface area contributed by atoms with Crippen LogP contribution >= 0.6 is 0 Å². The average Bonchev–Trinajstić information content (AvgIpc) is 3.01. The van der Waals surface area contributed by atoms with Crippen molar-refractivity contribution in [3.8, 4) is 5.82 Å². The van der Waals surface area contributed by atoms with Gasteiger partial charge in [-0.25, -0.2) is 9.67 Å². The summed E-state index contributed by atoms with van der Waals surface area (Å²) in [6.45, 7) is 4.41. The summed E-state index contributed by atoms with van der Waals surface area (Å²) in [7, 11) is 0. The Balaban J connectivity index is 1.86. The van der Waals surface area contributed by atoms with E-state index in [-0.39, 0.29) is 11.9 Å². The van der Waals surface area contributed by atoms with Crippen LogP contribution in [-0.2, 0) is 0 Å². The maximum Gasteiger partial charge on any atom is 0.272 e. The number of hydrogen-bond acceptors (Lipinski definition) is 4. The molecule has 3 rings (SSSR count). The molecule has 6 nitrogen and oxygen atoms in total. The highest BCUT2D eigenvalue weighted by Crippen LogP contribution is 2.11. The first kappa shape index (κ1) is 12.8. The van der Waals surface area contributed by atoms with Crippen LogP contribution in [-0.4, -0.2) is 51.2 Å². The molecule has 1 aliphatic heterocycles. The zero-order valence-corrected chi connectivity index (χ0v) is 11.4. The van der Waals surface area contributed by atoms with Crippen LogP contribution in [0.15, 0.2) is 36.7 Å². The number of rotatable bonds is 2. The molecular formula is C14H17N5O. The third-order valence-corrected chi connectivity index (χ3v) is 3.45. The standard InChI is InChI=1S/C14H17N5O/c1-11-10-15-7-9-18(11)14(20)12-4-2-5-13(17-12)19-8-3-6-16-19/h2-6,8,11,15H,7,9-10H2,1H3/t11-/m1/s1.